The van der Waals surface area contributed by atoms with E-state index in [1.54, 1.807) is 12.1 Å². The summed E-state index contributed by atoms with van der Waals surface area (Å²) in [4.78, 5) is 6.72. The fourth-order valence-corrected chi connectivity index (χ4v) is 1.91. The average molecular weight is 362 g/mol. The third kappa shape index (κ3) is 3.82. The Morgan fingerprint density at radius 1 is 1.14 bits per heavy atom. The molecule has 1 aromatic carbocycles. The molecule has 0 aliphatic heterocycles. The van der Waals surface area contributed by atoms with Crippen LogP contribution in [0.3, 0.4) is 0 Å². The molecule has 21 heavy (non-hydrogen) atoms. The molecule has 2 rings (SSSR count). The van der Waals surface area contributed by atoms with Crippen molar-refractivity contribution in [2.24, 2.45) is 5.84 Å². The van der Waals surface area contributed by atoms with Gasteiger partial charge in [-0.2, -0.15) is 13.2 Å². The van der Waals surface area contributed by atoms with Gasteiger partial charge >= 0.3 is 6.18 Å². The van der Waals surface area contributed by atoms with Gasteiger partial charge in [0.25, 0.3) is 0 Å². The number of hydrogen-bond donors (Lipinski definition) is 3. The van der Waals surface area contributed by atoms with E-state index in [4.69, 9.17) is 5.84 Å². The van der Waals surface area contributed by atoms with Crippen molar-refractivity contribution < 1.29 is 13.2 Å². The number of hydrogen-bond acceptors (Lipinski definition) is 5. The van der Waals surface area contributed by atoms with Crippen LogP contribution in [0.25, 0.3) is 0 Å². The molecule has 0 spiro atoms. The van der Waals surface area contributed by atoms with Gasteiger partial charge in [0.1, 0.15) is 11.6 Å². The van der Waals surface area contributed by atoms with E-state index in [2.05, 4.69) is 36.6 Å². The summed E-state index contributed by atoms with van der Waals surface area (Å²) in [6, 6.07) is 6.56. The molecule has 0 amide bonds. The van der Waals surface area contributed by atoms with Crippen LogP contribution in [-0.4, -0.2) is 9.97 Å². The Kier molecular flexibility index (Phi) is 4.33. The molecule has 0 bridgehead atoms. The predicted octanol–water partition coefficient (Wildman–Crippen LogP) is 3.60. The first-order valence-corrected chi connectivity index (χ1v) is 6.55. The molecule has 0 atom stereocenters. The number of benzene rings is 1. The highest BCUT2D eigenvalue weighted by Gasteiger charge is 2.35. The SMILES string of the molecule is Cc1ccc(Nc2cc(NN)nc(C(F)(F)F)n2)cc1Br. The van der Waals surface area contributed by atoms with Gasteiger partial charge in [0, 0.05) is 16.2 Å². The summed E-state index contributed by atoms with van der Waals surface area (Å²) in [5, 5.41) is 2.78. The molecule has 0 aliphatic rings. The van der Waals surface area contributed by atoms with Crippen LogP contribution in [0.2, 0.25) is 0 Å². The topological polar surface area (TPSA) is 75.9 Å². The molecule has 1 heterocycles. The van der Waals surface area contributed by atoms with E-state index in [0.717, 1.165) is 10.0 Å². The second-order valence-electron chi connectivity index (χ2n) is 4.19. The highest BCUT2D eigenvalue weighted by Crippen LogP contribution is 2.29. The van der Waals surface area contributed by atoms with Gasteiger partial charge in [0.15, 0.2) is 0 Å². The molecule has 5 nitrogen and oxygen atoms in total. The first kappa shape index (κ1) is 15.5. The normalized spacial score (nSPS) is 11.3. The fraction of sp³-hybridized carbons (Fsp3) is 0.167. The number of rotatable bonds is 3. The van der Waals surface area contributed by atoms with Crippen molar-refractivity contribution in [1.29, 1.82) is 0 Å². The van der Waals surface area contributed by atoms with Gasteiger partial charge in [-0.3, -0.25) is 0 Å². The first-order valence-electron chi connectivity index (χ1n) is 5.75. The standard InChI is InChI=1S/C12H11BrF3N5/c1-6-2-3-7(4-8(6)13)18-9-5-10(21-17)20-11(19-9)12(14,15)16/h2-5H,17H2,1H3,(H2,18,19,20,21). The summed E-state index contributed by atoms with van der Waals surface area (Å²) in [5.41, 5.74) is 3.67. The van der Waals surface area contributed by atoms with Gasteiger partial charge in [0.05, 0.1) is 0 Å². The van der Waals surface area contributed by atoms with Gasteiger partial charge in [-0.15, -0.1) is 0 Å². The van der Waals surface area contributed by atoms with Crippen molar-refractivity contribution >= 4 is 33.3 Å². The largest absolute Gasteiger partial charge is 0.451 e. The number of anilines is 3. The Morgan fingerprint density at radius 2 is 1.81 bits per heavy atom. The Balaban J connectivity index is 2.36. The van der Waals surface area contributed by atoms with Crippen molar-refractivity contribution in [3.05, 3.63) is 40.1 Å². The van der Waals surface area contributed by atoms with Crippen LogP contribution in [-0.2, 0) is 6.18 Å². The first-order chi connectivity index (χ1) is 9.79. The monoisotopic (exact) mass is 361 g/mol. The lowest BCUT2D eigenvalue weighted by molar-refractivity contribution is -0.144. The number of nitrogens with two attached hydrogens (primary N) is 1. The van der Waals surface area contributed by atoms with Crippen LogP contribution in [0.15, 0.2) is 28.7 Å². The summed E-state index contributed by atoms with van der Waals surface area (Å²) < 4.78 is 39.0. The molecule has 0 saturated heterocycles. The Bertz CT molecular complexity index is 660. The summed E-state index contributed by atoms with van der Waals surface area (Å²) in [6.45, 7) is 1.90. The summed E-state index contributed by atoms with van der Waals surface area (Å²) in [6.07, 6.45) is -4.66. The maximum atomic E-state index is 12.7. The zero-order valence-electron chi connectivity index (χ0n) is 10.8. The maximum Gasteiger partial charge on any atom is 0.451 e. The predicted molar refractivity (Wildman–Crippen MR) is 77.0 cm³/mol. The van der Waals surface area contributed by atoms with Gasteiger partial charge in [0.2, 0.25) is 5.82 Å². The molecule has 2 aromatic rings. The van der Waals surface area contributed by atoms with E-state index >= 15 is 0 Å². The van der Waals surface area contributed by atoms with Gasteiger partial charge in [-0.1, -0.05) is 22.0 Å². The third-order valence-corrected chi connectivity index (χ3v) is 3.43. The highest BCUT2D eigenvalue weighted by molar-refractivity contribution is 9.10. The molecule has 9 heteroatoms. The second kappa shape index (κ2) is 5.86. The van der Waals surface area contributed by atoms with Gasteiger partial charge < -0.3 is 10.7 Å². The minimum Gasteiger partial charge on any atom is -0.340 e. The number of alkyl halides is 3. The van der Waals surface area contributed by atoms with E-state index in [-0.39, 0.29) is 11.6 Å². The third-order valence-electron chi connectivity index (χ3n) is 2.57. The highest BCUT2D eigenvalue weighted by atomic mass is 79.9. The van der Waals surface area contributed by atoms with Crippen molar-refractivity contribution in [2.75, 3.05) is 10.7 Å². The van der Waals surface area contributed by atoms with Gasteiger partial charge in [-0.25, -0.2) is 15.8 Å². The van der Waals surface area contributed by atoms with E-state index < -0.39 is 12.0 Å². The van der Waals surface area contributed by atoms with E-state index in [1.165, 1.54) is 6.07 Å². The lowest BCUT2D eigenvalue weighted by Crippen LogP contribution is -2.16. The molecule has 112 valence electrons. The van der Waals surface area contributed by atoms with Crippen LogP contribution >= 0.6 is 15.9 Å². The molecule has 0 fully saturated rings. The lowest BCUT2D eigenvalue weighted by atomic mass is 10.2. The number of nitrogens with zero attached hydrogens (tertiary/aromatic N) is 2. The summed E-state index contributed by atoms with van der Waals surface area (Å²) in [5.74, 6) is 3.71. The van der Waals surface area contributed by atoms with Crippen molar-refractivity contribution in [3.8, 4) is 0 Å². The van der Waals surface area contributed by atoms with Crippen LogP contribution in [0.1, 0.15) is 11.4 Å². The molecular weight excluding hydrogens is 351 g/mol. The number of nitrogen functional groups attached to an aromatic ring is 1. The van der Waals surface area contributed by atoms with Crippen LogP contribution < -0.4 is 16.6 Å². The average Bonchev–Trinajstić information content (AvgIpc) is 2.41. The summed E-state index contributed by atoms with van der Waals surface area (Å²) in [7, 11) is 0. The van der Waals surface area contributed by atoms with E-state index in [0.29, 0.717) is 5.69 Å². The number of aromatic nitrogens is 2. The molecule has 1 aromatic heterocycles. The molecule has 0 unspecified atom stereocenters. The molecular formula is C12H11BrF3N5. The quantitative estimate of drug-likeness (QED) is 0.575. The Labute approximate surface area is 126 Å². The number of halogens is 4. The molecule has 0 aliphatic carbocycles. The Morgan fingerprint density at radius 3 is 2.38 bits per heavy atom. The van der Waals surface area contributed by atoms with E-state index in [1.807, 2.05) is 13.0 Å². The number of aryl methyl sites for hydroxylation is 1. The van der Waals surface area contributed by atoms with E-state index in [9.17, 15) is 13.2 Å². The van der Waals surface area contributed by atoms with Crippen molar-refractivity contribution in [1.82, 2.24) is 9.97 Å². The van der Waals surface area contributed by atoms with Crippen LogP contribution in [0, 0.1) is 6.92 Å². The number of hydrazine groups is 1. The lowest BCUT2D eigenvalue weighted by Gasteiger charge is -2.12. The zero-order chi connectivity index (χ0) is 15.6. The van der Waals surface area contributed by atoms with Crippen LogP contribution in [0.4, 0.5) is 30.5 Å². The molecule has 0 saturated carbocycles. The number of nitrogens with one attached hydrogen (secondary N) is 2. The molecule has 0 radical (unpaired) electrons. The second-order valence-corrected chi connectivity index (χ2v) is 5.05. The Hall–Kier alpha value is -1.87. The maximum absolute atomic E-state index is 12.7. The van der Waals surface area contributed by atoms with Crippen LogP contribution in [0.5, 0.6) is 0 Å². The summed E-state index contributed by atoms with van der Waals surface area (Å²) >= 11 is 3.35. The minimum absolute atomic E-state index is 0.0129. The van der Waals surface area contributed by atoms with Crippen molar-refractivity contribution in [2.45, 2.75) is 13.1 Å². The molecule has 4 N–H and O–H groups in total. The smallest absolute Gasteiger partial charge is 0.340 e. The zero-order valence-corrected chi connectivity index (χ0v) is 12.4. The fourth-order valence-electron chi connectivity index (χ4n) is 1.53. The minimum atomic E-state index is -4.66. The van der Waals surface area contributed by atoms with Crippen molar-refractivity contribution in [3.63, 3.8) is 0 Å². The van der Waals surface area contributed by atoms with Gasteiger partial charge in [-0.05, 0) is 24.6 Å².